The molecule has 1 fully saturated rings. The average Bonchev–Trinajstić information content (AvgIpc) is 3.26. The van der Waals surface area contributed by atoms with E-state index >= 15 is 0 Å². The minimum absolute atomic E-state index is 0.142. The van der Waals surface area contributed by atoms with Crippen LogP contribution in [0.15, 0.2) is 22.9 Å². The van der Waals surface area contributed by atoms with Crippen molar-refractivity contribution in [3.05, 3.63) is 28.6 Å². The number of hydrogen-bond donors (Lipinski definition) is 3. The number of aliphatic hydroxyl groups excluding tert-OH is 1. The number of likely N-dealkylation sites (tertiary alicyclic amines) is 1. The summed E-state index contributed by atoms with van der Waals surface area (Å²) in [7, 11) is 0. The number of rotatable bonds is 6. The number of hydrogen-bond acceptors (Lipinski definition) is 5. The van der Waals surface area contributed by atoms with E-state index in [4.69, 9.17) is 0 Å². The molecule has 1 atom stereocenters. The fraction of sp³-hybridized carbons (Fsp3) is 0.500. The first kappa shape index (κ1) is 16.2. The molecule has 0 saturated carbocycles. The van der Waals surface area contributed by atoms with E-state index < -0.39 is 0 Å². The normalized spacial score (nSPS) is 18.9. The maximum Gasteiger partial charge on any atom is 0.269 e. The van der Waals surface area contributed by atoms with Gasteiger partial charge in [-0.05, 0) is 36.9 Å². The number of aliphatic hydroxyl groups is 1. The second-order valence-corrected chi connectivity index (χ2v) is 6.58. The van der Waals surface area contributed by atoms with E-state index in [-0.39, 0.29) is 18.6 Å². The van der Waals surface area contributed by atoms with Gasteiger partial charge in [-0.3, -0.25) is 14.8 Å². The lowest BCUT2D eigenvalue weighted by Crippen LogP contribution is -2.45. The fourth-order valence-corrected chi connectivity index (χ4v) is 3.62. The molecule has 0 radical (unpaired) electrons. The Labute approximate surface area is 139 Å². The van der Waals surface area contributed by atoms with E-state index in [0.717, 1.165) is 37.2 Å². The standard InChI is InChI=1S/C16H22N4O2S/c21-10-13-3-1-2-6-20(13)7-5-17-16(22)15-9-14(18-19-15)12-4-8-23-11-12/h4,8-9,11,13,21H,1-3,5-7,10H2,(H,17,22)(H,18,19)/t13-/m0/s1. The summed E-state index contributed by atoms with van der Waals surface area (Å²) in [6.07, 6.45) is 3.37. The van der Waals surface area contributed by atoms with Gasteiger partial charge >= 0.3 is 0 Å². The summed E-state index contributed by atoms with van der Waals surface area (Å²) in [4.78, 5) is 14.4. The Balaban J connectivity index is 1.49. The summed E-state index contributed by atoms with van der Waals surface area (Å²) >= 11 is 1.60. The lowest BCUT2D eigenvalue weighted by molar-refractivity contribution is 0.0847. The van der Waals surface area contributed by atoms with Crippen LogP contribution in [0.2, 0.25) is 0 Å². The lowest BCUT2D eigenvalue weighted by Gasteiger charge is -2.34. The molecule has 2 aromatic rings. The predicted octanol–water partition coefficient (Wildman–Crippen LogP) is 1.71. The zero-order chi connectivity index (χ0) is 16.1. The molecule has 0 bridgehead atoms. The van der Waals surface area contributed by atoms with Crippen molar-refractivity contribution in [2.75, 3.05) is 26.2 Å². The van der Waals surface area contributed by atoms with Gasteiger partial charge in [0.25, 0.3) is 5.91 Å². The molecule has 3 N–H and O–H groups in total. The molecule has 2 aromatic heterocycles. The van der Waals surface area contributed by atoms with Crippen molar-refractivity contribution in [2.45, 2.75) is 25.3 Å². The molecule has 1 amide bonds. The van der Waals surface area contributed by atoms with Gasteiger partial charge in [-0.15, -0.1) is 0 Å². The van der Waals surface area contributed by atoms with Crippen LogP contribution < -0.4 is 5.32 Å². The molecule has 1 aliphatic rings. The van der Waals surface area contributed by atoms with E-state index in [1.165, 1.54) is 6.42 Å². The maximum atomic E-state index is 12.2. The summed E-state index contributed by atoms with van der Waals surface area (Å²) in [5, 5.41) is 23.3. The van der Waals surface area contributed by atoms with Gasteiger partial charge in [-0.2, -0.15) is 16.4 Å². The topological polar surface area (TPSA) is 81.2 Å². The number of thiophene rings is 1. The van der Waals surface area contributed by atoms with Crippen molar-refractivity contribution in [1.82, 2.24) is 20.4 Å². The Kier molecular flexibility index (Phi) is 5.43. The first-order valence-corrected chi connectivity index (χ1v) is 8.93. The maximum absolute atomic E-state index is 12.2. The second kappa shape index (κ2) is 7.72. The average molecular weight is 334 g/mol. The molecule has 0 aliphatic carbocycles. The van der Waals surface area contributed by atoms with Crippen LogP contribution in [0, 0.1) is 0 Å². The van der Waals surface area contributed by atoms with E-state index in [1.54, 1.807) is 17.4 Å². The van der Waals surface area contributed by atoms with Gasteiger partial charge in [0, 0.05) is 30.1 Å². The molecule has 7 heteroatoms. The van der Waals surface area contributed by atoms with Crippen LogP contribution in [0.1, 0.15) is 29.8 Å². The number of piperidine rings is 1. The zero-order valence-electron chi connectivity index (χ0n) is 13.0. The van der Waals surface area contributed by atoms with Crippen LogP contribution in [-0.2, 0) is 0 Å². The summed E-state index contributed by atoms with van der Waals surface area (Å²) in [6, 6.07) is 3.99. The molecule has 3 heterocycles. The van der Waals surface area contributed by atoms with Gasteiger partial charge in [0.05, 0.1) is 12.3 Å². The largest absolute Gasteiger partial charge is 0.395 e. The summed E-state index contributed by atoms with van der Waals surface area (Å²) in [5.74, 6) is -0.142. The Morgan fingerprint density at radius 2 is 2.43 bits per heavy atom. The highest BCUT2D eigenvalue weighted by atomic mass is 32.1. The van der Waals surface area contributed by atoms with Crippen molar-refractivity contribution in [2.24, 2.45) is 0 Å². The summed E-state index contributed by atoms with van der Waals surface area (Å²) < 4.78 is 0. The van der Waals surface area contributed by atoms with Crippen LogP contribution in [0.3, 0.4) is 0 Å². The minimum atomic E-state index is -0.142. The monoisotopic (exact) mass is 334 g/mol. The molecule has 3 rings (SSSR count). The fourth-order valence-electron chi connectivity index (χ4n) is 2.97. The van der Waals surface area contributed by atoms with E-state index in [2.05, 4.69) is 20.4 Å². The van der Waals surface area contributed by atoms with Crippen LogP contribution in [-0.4, -0.2) is 58.4 Å². The van der Waals surface area contributed by atoms with Gasteiger partial charge in [-0.25, -0.2) is 0 Å². The first-order valence-electron chi connectivity index (χ1n) is 7.99. The van der Waals surface area contributed by atoms with Crippen molar-refractivity contribution in [3.8, 4) is 11.3 Å². The van der Waals surface area contributed by atoms with Gasteiger partial charge in [0.2, 0.25) is 0 Å². The van der Waals surface area contributed by atoms with Crippen LogP contribution in [0.4, 0.5) is 0 Å². The molecule has 0 spiro atoms. The summed E-state index contributed by atoms with van der Waals surface area (Å²) in [6.45, 7) is 2.52. The van der Waals surface area contributed by atoms with Crippen molar-refractivity contribution < 1.29 is 9.90 Å². The minimum Gasteiger partial charge on any atom is -0.395 e. The van der Waals surface area contributed by atoms with E-state index in [0.29, 0.717) is 12.2 Å². The molecule has 1 saturated heterocycles. The number of H-pyrrole nitrogens is 1. The Morgan fingerprint density at radius 3 is 3.22 bits per heavy atom. The Hall–Kier alpha value is -1.70. The number of carbonyl (C=O) groups excluding carboxylic acids is 1. The number of carbonyl (C=O) groups is 1. The highest BCUT2D eigenvalue weighted by Crippen LogP contribution is 2.20. The molecule has 23 heavy (non-hydrogen) atoms. The van der Waals surface area contributed by atoms with Crippen molar-refractivity contribution in [1.29, 1.82) is 0 Å². The number of nitrogens with one attached hydrogen (secondary N) is 2. The molecule has 6 nitrogen and oxygen atoms in total. The van der Waals surface area contributed by atoms with Gasteiger partial charge in [-0.1, -0.05) is 6.42 Å². The van der Waals surface area contributed by atoms with Gasteiger partial charge in [0.15, 0.2) is 0 Å². The van der Waals surface area contributed by atoms with Crippen LogP contribution >= 0.6 is 11.3 Å². The van der Waals surface area contributed by atoms with Crippen LogP contribution in [0.25, 0.3) is 11.3 Å². The molecule has 1 aliphatic heterocycles. The first-order chi connectivity index (χ1) is 11.3. The lowest BCUT2D eigenvalue weighted by atomic mass is 10.0. The number of aromatic nitrogens is 2. The number of aromatic amines is 1. The molecular formula is C16H22N4O2S. The summed E-state index contributed by atoms with van der Waals surface area (Å²) in [5.41, 5.74) is 2.28. The Bertz CT molecular complexity index is 626. The highest BCUT2D eigenvalue weighted by molar-refractivity contribution is 7.08. The van der Waals surface area contributed by atoms with Gasteiger partial charge < -0.3 is 10.4 Å². The highest BCUT2D eigenvalue weighted by Gasteiger charge is 2.21. The smallest absolute Gasteiger partial charge is 0.269 e. The predicted molar refractivity (Wildman–Crippen MR) is 90.5 cm³/mol. The Morgan fingerprint density at radius 1 is 1.52 bits per heavy atom. The third-order valence-corrected chi connectivity index (χ3v) is 4.97. The molecule has 0 aromatic carbocycles. The van der Waals surface area contributed by atoms with E-state index in [9.17, 15) is 9.90 Å². The number of amides is 1. The third-order valence-electron chi connectivity index (χ3n) is 4.28. The van der Waals surface area contributed by atoms with Gasteiger partial charge in [0.1, 0.15) is 5.69 Å². The zero-order valence-corrected chi connectivity index (χ0v) is 13.8. The quantitative estimate of drug-likeness (QED) is 0.751. The molecular weight excluding hydrogens is 312 g/mol. The van der Waals surface area contributed by atoms with Crippen LogP contribution in [0.5, 0.6) is 0 Å². The third kappa shape index (κ3) is 3.99. The molecule has 0 unspecified atom stereocenters. The van der Waals surface area contributed by atoms with Crippen molar-refractivity contribution >= 4 is 17.2 Å². The van der Waals surface area contributed by atoms with Crippen molar-refractivity contribution in [3.63, 3.8) is 0 Å². The van der Waals surface area contributed by atoms with E-state index in [1.807, 2.05) is 16.8 Å². The number of nitrogens with zero attached hydrogens (tertiary/aromatic N) is 2. The molecule has 124 valence electrons. The second-order valence-electron chi connectivity index (χ2n) is 5.80. The SMILES string of the molecule is O=C(NCCN1CCCC[C@H]1CO)c1cc(-c2ccsc2)n[nH]1.